The number of rotatable bonds is 4. The second kappa shape index (κ2) is 6.66. The number of ether oxygens (including phenoxy) is 1. The third kappa shape index (κ3) is 2.86. The lowest BCUT2D eigenvalue weighted by molar-refractivity contribution is -0.132. The quantitative estimate of drug-likeness (QED) is 0.818. The van der Waals surface area contributed by atoms with Crippen LogP contribution in [0.15, 0.2) is 54.6 Å². The fourth-order valence-electron chi connectivity index (χ4n) is 4.58. The first-order chi connectivity index (χ1) is 13.7. The van der Waals surface area contributed by atoms with Gasteiger partial charge in [-0.2, -0.15) is 0 Å². The molecule has 2 aromatic carbocycles. The van der Waals surface area contributed by atoms with Crippen LogP contribution in [0, 0.1) is 0 Å². The minimum Gasteiger partial charge on any atom is -0.447 e. The Bertz CT molecular complexity index is 890. The third-order valence-electron chi connectivity index (χ3n) is 6.40. The van der Waals surface area contributed by atoms with E-state index in [1.54, 1.807) is 4.90 Å². The molecular formula is C23H24N2O3. The fourth-order valence-corrected chi connectivity index (χ4v) is 4.58. The second-order valence-corrected chi connectivity index (χ2v) is 8.04. The number of carbonyl (C=O) groups excluding carboxylic acids is 2. The summed E-state index contributed by atoms with van der Waals surface area (Å²) >= 11 is 0. The summed E-state index contributed by atoms with van der Waals surface area (Å²) in [6, 6.07) is 18.4. The van der Waals surface area contributed by atoms with Crippen LogP contribution in [0.5, 0.6) is 0 Å². The molecule has 2 heterocycles. The van der Waals surface area contributed by atoms with Gasteiger partial charge in [0.05, 0.1) is 12.0 Å². The van der Waals surface area contributed by atoms with Crippen LogP contribution in [0.3, 0.4) is 0 Å². The molecule has 1 saturated carbocycles. The lowest BCUT2D eigenvalue weighted by Gasteiger charge is -2.24. The summed E-state index contributed by atoms with van der Waals surface area (Å²) < 4.78 is 5.01. The zero-order valence-electron chi connectivity index (χ0n) is 15.8. The highest BCUT2D eigenvalue weighted by atomic mass is 16.6. The number of benzene rings is 2. The molecule has 0 bridgehead atoms. The summed E-state index contributed by atoms with van der Waals surface area (Å²) in [4.78, 5) is 28.8. The number of anilines is 1. The predicted octanol–water partition coefficient (Wildman–Crippen LogP) is 3.69. The smallest absolute Gasteiger partial charge is 0.414 e. The Hall–Kier alpha value is -2.82. The monoisotopic (exact) mass is 376 g/mol. The molecule has 0 aromatic heterocycles. The number of carbonyl (C=O) groups is 2. The molecule has 0 spiro atoms. The molecule has 5 nitrogen and oxygen atoms in total. The van der Waals surface area contributed by atoms with E-state index in [1.165, 1.54) is 5.56 Å². The predicted molar refractivity (Wildman–Crippen MR) is 106 cm³/mol. The molecule has 3 aliphatic rings. The van der Waals surface area contributed by atoms with E-state index in [-0.39, 0.29) is 17.4 Å². The van der Waals surface area contributed by atoms with Crippen molar-refractivity contribution in [3.8, 4) is 0 Å². The van der Waals surface area contributed by atoms with Gasteiger partial charge >= 0.3 is 6.09 Å². The van der Waals surface area contributed by atoms with Gasteiger partial charge in [0.2, 0.25) is 5.91 Å². The summed E-state index contributed by atoms with van der Waals surface area (Å²) in [5.41, 5.74) is 2.86. The number of nitrogens with zero attached hydrogens (tertiary/aromatic N) is 2. The van der Waals surface area contributed by atoms with Crippen molar-refractivity contribution in [1.29, 1.82) is 0 Å². The largest absolute Gasteiger partial charge is 0.447 e. The van der Waals surface area contributed by atoms with Gasteiger partial charge in [0, 0.05) is 24.7 Å². The van der Waals surface area contributed by atoms with Crippen molar-refractivity contribution < 1.29 is 14.3 Å². The van der Waals surface area contributed by atoms with Gasteiger partial charge in [-0.05, 0) is 42.5 Å². The van der Waals surface area contributed by atoms with Crippen LogP contribution in [0.4, 0.5) is 10.5 Å². The Morgan fingerprint density at radius 3 is 2.39 bits per heavy atom. The van der Waals surface area contributed by atoms with Crippen LogP contribution < -0.4 is 4.90 Å². The molecule has 2 saturated heterocycles. The Kier molecular flexibility index (Phi) is 4.11. The van der Waals surface area contributed by atoms with Gasteiger partial charge in [-0.15, -0.1) is 0 Å². The van der Waals surface area contributed by atoms with Gasteiger partial charge in [0.25, 0.3) is 0 Å². The van der Waals surface area contributed by atoms with Crippen molar-refractivity contribution in [2.24, 2.45) is 0 Å². The summed E-state index contributed by atoms with van der Waals surface area (Å²) in [7, 11) is 0. The number of likely N-dealkylation sites (tertiary alicyclic amines) is 1. The zero-order chi connectivity index (χ0) is 19.1. The number of cyclic esters (lactones) is 1. The highest BCUT2D eigenvalue weighted by Crippen LogP contribution is 2.50. The number of amides is 2. The average Bonchev–Trinajstić information content (AvgIpc) is 3.19. The first kappa shape index (κ1) is 17.3. The fraction of sp³-hybridized carbons (Fsp3) is 0.391. The molecule has 2 aliphatic heterocycles. The van der Waals surface area contributed by atoms with Crippen molar-refractivity contribution in [2.45, 2.75) is 30.6 Å². The van der Waals surface area contributed by atoms with Crippen LogP contribution in [0.25, 0.3) is 0 Å². The molecule has 2 amide bonds. The number of hydrogen-bond donors (Lipinski definition) is 0. The molecule has 1 unspecified atom stereocenters. The standard InChI is InChI=1S/C23H24N2O3/c26-21(24-13-10-18(16-24)17-4-2-1-3-5-17)23(11-12-23)19-6-8-20(9-7-19)25-14-15-28-22(25)27/h1-9,18H,10-16H2. The molecule has 28 heavy (non-hydrogen) atoms. The lowest BCUT2D eigenvalue weighted by Crippen LogP contribution is -2.37. The van der Waals surface area contributed by atoms with Crippen LogP contribution in [0.1, 0.15) is 36.3 Å². The minimum absolute atomic E-state index is 0.263. The Morgan fingerprint density at radius 1 is 1.00 bits per heavy atom. The Balaban J connectivity index is 1.31. The maximum atomic E-state index is 13.3. The molecule has 0 radical (unpaired) electrons. The van der Waals surface area contributed by atoms with Crippen LogP contribution in [0.2, 0.25) is 0 Å². The minimum atomic E-state index is -0.365. The van der Waals surface area contributed by atoms with Crippen LogP contribution in [-0.4, -0.2) is 43.1 Å². The molecule has 3 fully saturated rings. The molecular weight excluding hydrogens is 352 g/mol. The normalized spacial score (nSPS) is 23.0. The van der Waals surface area contributed by atoms with E-state index in [9.17, 15) is 9.59 Å². The van der Waals surface area contributed by atoms with E-state index in [4.69, 9.17) is 4.74 Å². The number of hydrogen-bond acceptors (Lipinski definition) is 3. The molecule has 5 heteroatoms. The van der Waals surface area contributed by atoms with E-state index in [1.807, 2.05) is 30.3 Å². The van der Waals surface area contributed by atoms with E-state index in [0.29, 0.717) is 19.1 Å². The van der Waals surface area contributed by atoms with Crippen molar-refractivity contribution in [1.82, 2.24) is 4.90 Å². The van der Waals surface area contributed by atoms with Gasteiger partial charge in [0.1, 0.15) is 6.61 Å². The Morgan fingerprint density at radius 2 is 1.75 bits per heavy atom. The zero-order valence-corrected chi connectivity index (χ0v) is 15.8. The molecule has 0 N–H and O–H groups in total. The highest BCUT2D eigenvalue weighted by Gasteiger charge is 2.53. The summed E-state index contributed by atoms with van der Waals surface area (Å²) in [5.74, 6) is 0.698. The molecule has 144 valence electrons. The van der Waals surface area contributed by atoms with E-state index in [2.05, 4.69) is 29.2 Å². The van der Waals surface area contributed by atoms with Crippen molar-refractivity contribution in [3.63, 3.8) is 0 Å². The molecule has 5 rings (SSSR count). The maximum Gasteiger partial charge on any atom is 0.414 e. The summed E-state index contributed by atoms with van der Waals surface area (Å²) in [6.07, 6.45) is 2.54. The molecule has 1 atom stereocenters. The SMILES string of the molecule is O=C1OCCN1c1ccc(C2(C(=O)N3CCC(c4ccccc4)C3)CC2)cc1. The topological polar surface area (TPSA) is 49.9 Å². The summed E-state index contributed by atoms with van der Waals surface area (Å²) in [6.45, 7) is 2.65. The van der Waals surface area contributed by atoms with E-state index in [0.717, 1.165) is 43.6 Å². The van der Waals surface area contributed by atoms with Gasteiger partial charge in [-0.1, -0.05) is 42.5 Å². The summed E-state index contributed by atoms with van der Waals surface area (Å²) in [5, 5.41) is 0. The van der Waals surface area contributed by atoms with E-state index >= 15 is 0 Å². The van der Waals surface area contributed by atoms with Gasteiger partial charge < -0.3 is 9.64 Å². The molecule has 1 aliphatic carbocycles. The maximum absolute atomic E-state index is 13.3. The second-order valence-electron chi connectivity index (χ2n) is 8.04. The Labute approximate surface area is 164 Å². The van der Waals surface area contributed by atoms with Crippen LogP contribution in [-0.2, 0) is 14.9 Å². The van der Waals surface area contributed by atoms with Crippen molar-refractivity contribution in [3.05, 3.63) is 65.7 Å². The first-order valence-electron chi connectivity index (χ1n) is 10.1. The lowest BCUT2D eigenvalue weighted by atomic mass is 9.94. The average molecular weight is 376 g/mol. The highest BCUT2D eigenvalue weighted by molar-refractivity contribution is 5.92. The third-order valence-corrected chi connectivity index (χ3v) is 6.40. The molecule has 2 aromatic rings. The van der Waals surface area contributed by atoms with Crippen LogP contribution >= 0.6 is 0 Å². The van der Waals surface area contributed by atoms with E-state index < -0.39 is 0 Å². The van der Waals surface area contributed by atoms with Gasteiger partial charge in [-0.25, -0.2) is 4.79 Å². The van der Waals surface area contributed by atoms with Gasteiger partial charge in [-0.3, -0.25) is 9.69 Å². The van der Waals surface area contributed by atoms with Crippen molar-refractivity contribution >= 4 is 17.7 Å². The van der Waals surface area contributed by atoms with Gasteiger partial charge in [0.15, 0.2) is 0 Å². The van der Waals surface area contributed by atoms with Crippen molar-refractivity contribution in [2.75, 3.05) is 31.1 Å². The first-order valence-corrected chi connectivity index (χ1v) is 10.1.